The lowest BCUT2D eigenvalue weighted by Gasteiger charge is -2.10. The smallest absolute Gasteiger partial charge is 0.128 e. The maximum atomic E-state index is 13.8. The minimum atomic E-state index is -0.191. The third kappa shape index (κ3) is 4.42. The first kappa shape index (κ1) is 15.2. The van der Waals surface area contributed by atoms with Gasteiger partial charge in [0.15, 0.2) is 0 Å². The quantitative estimate of drug-likeness (QED) is 0.871. The highest BCUT2D eigenvalue weighted by molar-refractivity contribution is 9.10. The molecule has 1 N–H and O–H groups in total. The van der Waals surface area contributed by atoms with Gasteiger partial charge in [0.1, 0.15) is 5.82 Å². The van der Waals surface area contributed by atoms with Gasteiger partial charge in [0.05, 0.1) is 17.2 Å². The molecule has 2 aromatic rings. The Balaban J connectivity index is 2.04. The molecule has 0 aliphatic carbocycles. The van der Waals surface area contributed by atoms with Crippen LogP contribution in [0.25, 0.3) is 0 Å². The molecule has 0 bridgehead atoms. The van der Waals surface area contributed by atoms with E-state index in [1.165, 1.54) is 6.07 Å². The van der Waals surface area contributed by atoms with Crippen LogP contribution < -0.4 is 5.32 Å². The van der Waals surface area contributed by atoms with Gasteiger partial charge in [-0.05, 0) is 46.1 Å². The molecule has 0 saturated carbocycles. The molecule has 0 unspecified atom stereocenters. The van der Waals surface area contributed by atoms with Gasteiger partial charge in [-0.25, -0.2) is 4.39 Å². The van der Waals surface area contributed by atoms with Crippen molar-refractivity contribution in [3.63, 3.8) is 0 Å². The van der Waals surface area contributed by atoms with Gasteiger partial charge in [0.25, 0.3) is 0 Å². The molecular formula is C15H19BrFN3. The Kier molecular flexibility index (Phi) is 5.31. The molecule has 0 saturated heterocycles. The van der Waals surface area contributed by atoms with Gasteiger partial charge < -0.3 is 5.32 Å². The van der Waals surface area contributed by atoms with Crippen LogP contribution in [0.2, 0.25) is 0 Å². The van der Waals surface area contributed by atoms with Crippen LogP contribution >= 0.6 is 15.9 Å². The Bertz CT molecular complexity index is 566. The average molecular weight is 340 g/mol. The van der Waals surface area contributed by atoms with Crippen LogP contribution in [0.15, 0.2) is 35.1 Å². The molecule has 0 amide bonds. The minimum absolute atomic E-state index is 0.191. The lowest BCUT2D eigenvalue weighted by atomic mass is 10.1. The third-order valence-electron chi connectivity index (χ3n) is 2.93. The third-order valence-corrected chi connectivity index (χ3v) is 3.34. The molecule has 1 heterocycles. The van der Waals surface area contributed by atoms with Gasteiger partial charge in [-0.3, -0.25) is 4.68 Å². The number of halogens is 2. The highest BCUT2D eigenvalue weighted by atomic mass is 79.9. The van der Waals surface area contributed by atoms with Gasteiger partial charge in [-0.2, -0.15) is 5.10 Å². The molecule has 1 aromatic carbocycles. The van der Waals surface area contributed by atoms with Crippen molar-refractivity contribution in [3.8, 4) is 0 Å². The van der Waals surface area contributed by atoms with E-state index >= 15 is 0 Å². The SMILES string of the molecule is CC(C)CNCc1ccc(F)c(Cn2cc(Br)cn2)c1. The lowest BCUT2D eigenvalue weighted by molar-refractivity contribution is 0.549. The van der Waals surface area contributed by atoms with Gasteiger partial charge in [0, 0.05) is 18.3 Å². The van der Waals surface area contributed by atoms with Crippen LogP contribution in [0.4, 0.5) is 4.39 Å². The summed E-state index contributed by atoms with van der Waals surface area (Å²) in [5, 5.41) is 7.52. The molecule has 0 aliphatic rings. The van der Waals surface area contributed by atoms with E-state index < -0.39 is 0 Å². The Morgan fingerprint density at radius 3 is 2.85 bits per heavy atom. The molecule has 0 atom stereocenters. The predicted molar refractivity (Wildman–Crippen MR) is 82.0 cm³/mol. The molecular weight excluding hydrogens is 321 g/mol. The number of nitrogens with one attached hydrogen (secondary N) is 1. The van der Waals surface area contributed by atoms with Crippen molar-refractivity contribution in [1.29, 1.82) is 0 Å². The second-order valence-corrected chi connectivity index (χ2v) is 6.22. The maximum absolute atomic E-state index is 13.8. The largest absolute Gasteiger partial charge is 0.312 e. The second-order valence-electron chi connectivity index (χ2n) is 5.31. The van der Waals surface area contributed by atoms with Crippen LogP contribution in [0.1, 0.15) is 25.0 Å². The minimum Gasteiger partial charge on any atom is -0.312 e. The summed E-state index contributed by atoms with van der Waals surface area (Å²) in [6.07, 6.45) is 3.54. The summed E-state index contributed by atoms with van der Waals surface area (Å²) in [5.41, 5.74) is 1.75. The first-order valence-electron chi connectivity index (χ1n) is 6.70. The topological polar surface area (TPSA) is 29.9 Å². The van der Waals surface area contributed by atoms with Crippen LogP contribution in [0.5, 0.6) is 0 Å². The Hall–Kier alpha value is -1.20. The molecule has 20 heavy (non-hydrogen) atoms. The van der Waals surface area contributed by atoms with Crippen LogP contribution in [0, 0.1) is 11.7 Å². The molecule has 2 rings (SSSR count). The Morgan fingerprint density at radius 1 is 1.40 bits per heavy atom. The van der Waals surface area contributed by atoms with Crippen molar-refractivity contribution < 1.29 is 4.39 Å². The van der Waals surface area contributed by atoms with E-state index in [1.807, 2.05) is 18.3 Å². The van der Waals surface area contributed by atoms with E-state index in [4.69, 9.17) is 0 Å². The molecule has 108 valence electrons. The van der Waals surface area contributed by atoms with Crippen molar-refractivity contribution in [2.45, 2.75) is 26.9 Å². The monoisotopic (exact) mass is 339 g/mol. The molecule has 0 fully saturated rings. The number of hydrogen-bond donors (Lipinski definition) is 1. The highest BCUT2D eigenvalue weighted by Gasteiger charge is 2.06. The zero-order valence-electron chi connectivity index (χ0n) is 11.7. The summed E-state index contributed by atoms with van der Waals surface area (Å²) in [4.78, 5) is 0. The Morgan fingerprint density at radius 2 is 2.20 bits per heavy atom. The van der Waals surface area contributed by atoms with Crippen molar-refractivity contribution in [2.24, 2.45) is 5.92 Å². The van der Waals surface area contributed by atoms with Crippen LogP contribution in [-0.4, -0.2) is 16.3 Å². The summed E-state index contributed by atoms with van der Waals surface area (Å²) < 4.78 is 16.5. The van der Waals surface area contributed by atoms with Crippen molar-refractivity contribution in [3.05, 3.63) is 52.0 Å². The fourth-order valence-electron chi connectivity index (χ4n) is 1.96. The normalized spacial score (nSPS) is 11.2. The first-order chi connectivity index (χ1) is 9.54. The molecule has 1 aromatic heterocycles. The number of nitrogens with zero attached hydrogens (tertiary/aromatic N) is 2. The summed E-state index contributed by atoms with van der Waals surface area (Å²) in [7, 11) is 0. The molecule has 5 heteroatoms. The number of benzene rings is 1. The Labute approximate surface area is 127 Å². The van der Waals surface area contributed by atoms with Crippen molar-refractivity contribution >= 4 is 15.9 Å². The number of rotatable bonds is 6. The summed E-state index contributed by atoms with van der Waals surface area (Å²) in [6, 6.07) is 5.25. The fourth-order valence-corrected chi connectivity index (χ4v) is 2.29. The maximum Gasteiger partial charge on any atom is 0.128 e. The molecule has 0 spiro atoms. The van der Waals surface area contributed by atoms with Gasteiger partial charge >= 0.3 is 0 Å². The summed E-state index contributed by atoms with van der Waals surface area (Å²) >= 11 is 3.34. The van der Waals surface area contributed by atoms with Gasteiger partial charge in [-0.15, -0.1) is 0 Å². The van der Waals surface area contributed by atoms with E-state index in [1.54, 1.807) is 10.9 Å². The number of aromatic nitrogens is 2. The molecule has 0 aliphatic heterocycles. The van der Waals surface area contributed by atoms with E-state index in [9.17, 15) is 4.39 Å². The van der Waals surface area contributed by atoms with E-state index in [-0.39, 0.29) is 5.82 Å². The zero-order chi connectivity index (χ0) is 14.5. The number of hydrogen-bond acceptors (Lipinski definition) is 2. The van der Waals surface area contributed by atoms with Crippen molar-refractivity contribution in [2.75, 3.05) is 6.54 Å². The summed E-state index contributed by atoms with van der Waals surface area (Å²) in [5.74, 6) is 0.417. The summed E-state index contributed by atoms with van der Waals surface area (Å²) in [6.45, 7) is 6.49. The van der Waals surface area contributed by atoms with Crippen molar-refractivity contribution in [1.82, 2.24) is 15.1 Å². The first-order valence-corrected chi connectivity index (χ1v) is 7.50. The molecule has 3 nitrogen and oxygen atoms in total. The van der Waals surface area contributed by atoms with Gasteiger partial charge in [-0.1, -0.05) is 19.9 Å². The fraction of sp³-hybridized carbons (Fsp3) is 0.400. The van der Waals surface area contributed by atoms with Crippen LogP contribution in [0.3, 0.4) is 0 Å². The average Bonchev–Trinajstić information content (AvgIpc) is 2.78. The standard InChI is InChI=1S/C15H19BrFN3/c1-11(2)6-18-7-12-3-4-15(17)13(5-12)9-20-10-14(16)8-19-20/h3-5,8,10-11,18H,6-7,9H2,1-2H3. The second kappa shape index (κ2) is 6.99. The predicted octanol–water partition coefficient (Wildman–Crippen LogP) is 3.58. The van der Waals surface area contributed by atoms with Crippen LogP contribution in [-0.2, 0) is 13.1 Å². The molecule has 0 radical (unpaired) electrons. The van der Waals surface area contributed by atoms with E-state index in [0.717, 1.165) is 23.1 Å². The lowest BCUT2D eigenvalue weighted by Crippen LogP contribution is -2.19. The highest BCUT2D eigenvalue weighted by Crippen LogP contribution is 2.14. The van der Waals surface area contributed by atoms with E-state index in [0.29, 0.717) is 18.0 Å². The van der Waals surface area contributed by atoms with Gasteiger partial charge in [0.2, 0.25) is 0 Å². The van der Waals surface area contributed by atoms with E-state index in [2.05, 4.69) is 40.2 Å². The zero-order valence-corrected chi connectivity index (χ0v) is 13.3.